The topological polar surface area (TPSA) is 68.3 Å². The average molecular weight is 388 g/mol. The molecule has 0 atom stereocenters. The Morgan fingerprint density at radius 3 is 2.76 bits per heavy atom. The number of nitrogens with zero attached hydrogens (tertiary/aromatic N) is 1. The van der Waals surface area contributed by atoms with Crippen LogP contribution in [-0.2, 0) is 14.8 Å². The average Bonchev–Trinajstić information content (AvgIpc) is 2.29. The zero-order valence-electron chi connectivity index (χ0n) is 8.90. The number of rotatable bonds is 7. The molecule has 0 amide bonds. The fourth-order valence-electron chi connectivity index (χ4n) is 1.03. The number of ether oxygens (including phenoxy) is 1. The van der Waals surface area contributed by atoms with Gasteiger partial charge < -0.3 is 4.74 Å². The molecule has 1 heterocycles. The van der Waals surface area contributed by atoms with Gasteiger partial charge in [0, 0.05) is 28.7 Å². The molecule has 0 saturated carbocycles. The lowest BCUT2D eigenvalue weighted by Gasteiger charge is -2.06. The molecular weight excluding hydrogens is 376 g/mol. The zero-order chi connectivity index (χ0) is 12.7. The molecule has 0 aliphatic carbocycles. The highest BCUT2D eigenvalue weighted by Gasteiger charge is 2.13. The van der Waals surface area contributed by atoms with E-state index in [1.54, 1.807) is 0 Å². The maximum absolute atomic E-state index is 11.8. The van der Waals surface area contributed by atoms with Crippen molar-refractivity contribution >= 4 is 41.9 Å². The highest BCUT2D eigenvalue weighted by Crippen LogP contribution is 2.13. The van der Waals surface area contributed by atoms with Gasteiger partial charge in [0.25, 0.3) is 0 Å². The van der Waals surface area contributed by atoms with E-state index in [-0.39, 0.29) is 11.4 Å². The van der Waals surface area contributed by atoms with Crippen LogP contribution in [0.3, 0.4) is 0 Å². The number of aromatic nitrogens is 1. The number of nitrogens with one attached hydrogen (secondary N) is 1. The van der Waals surface area contributed by atoms with Crippen molar-refractivity contribution in [2.24, 2.45) is 0 Å². The molecule has 17 heavy (non-hydrogen) atoms. The lowest BCUT2D eigenvalue weighted by atomic mass is 10.5. The van der Waals surface area contributed by atoms with Crippen LogP contribution in [-0.4, -0.2) is 38.5 Å². The number of alkyl halides is 1. The molecule has 5 nitrogen and oxygen atoms in total. The van der Waals surface area contributed by atoms with E-state index in [0.29, 0.717) is 17.7 Å². The summed E-state index contributed by atoms with van der Waals surface area (Å²) in [4.78, 5) is 3.94. The fourth-order valence-corrected chi connectivity index (χ4v) is 2.77. The monoisotopic (exact) mass is 386 g/mol. The summed E-state index contributed by atoms with van der Waals surface area (Å²) in [6, 6.07) is 1.49. The predicted molar refractivity (Wildman–Crippen MR) is 71.7 cm³/mol. The van der Waals surface area contributed by atoms with Gasteiger partial charge in [-0.05, 0) is 22.0 Å². The third-order valence-electron chi connectivity index (χ3n) is 1.75. The van der Waals surface area contributed by atoms with Crippen molar-refractivity contribution in [2.45, 2.75) is 4.90 Å². The van der Waals surface area contributed by atoms with Crippen LogP contribution >= 0.6 is 31.9 Å². The van der Waals surface area contributed by atoms with Gasteiger partial charge in [0.15, 0.2) is 0 Å². The van der Waals surface area contributed by atoms with E-state index >= 15 is 0 Å². The highest BCUT2D eigenvalue weighted by atomic mass is 79.9. The van der Waals surface area contributed by atoms with Gasteiger partial charge in [-0.2, -0.15) is 0 Å². The minimum absolute atomic E-state index is 0.132. The molecule has 8 heteroatoms. The molecule has 0 unspecified atom stereocenters. The first-order valence-electron chi connectivity index (χ1n) is 4.80. The number of sulfonamides is 1. The van der Waals surface area contributed by atoms with Crippen molar-refractivity contribution in [3.05, 3.63) is 22.9 Å². The first kappa shape index (κ1) is 15.0. The standard InChI is InChI=1S/C9H12Br2N2O3S/c10-1-3-16-4-2-13-17(14,15)9-5-8(11)6-12-7-9/h5-7,13H,1-4H2. The molecule has 0 aliphatic rings. The second-order valence-corrected chi connectivity index (χ2v) is 6.51. The maximum Gasteiger partial charge on any atom is 0.242 e. The van der Waals surface area contributed by atoms with Crippen LogP contribution in [0.5, 0.6) is 0 Å². The Hall–Kier alpha value is -0.0200. The summed E-state index contributed by atoms with van der Waals surface area (Å²) in [5.41, 5.74) is 0. The molecule has 1 rings (SSSR count). The molecule has 0 aliphatic heterocycles. The summed E-state index contributed by atoms with van der Waals surface area (Å²) in [5.74, 6) is 0. The first-order chi connectivity index (χ1) is 8.06. The summed E-state index contributed by atoms with van der Waals surface area (Å²) in [5, 5.41) is 0.731. The molecule has 0 fully saturated rings. The summed E-state index contributed by atoms with van der Waals surface area (Å²) in [6.07, 6.45) is 2.82. The van der Waals surface area contributed by atoms with Crippen LogP contribution in [0.15, 0.2) is 27.8 Å². The van der Waals surface area contributed by atoms with E-state index < -0.39 is 10.0 Å². The highest BCUT2D eigenvalue weighted by molar-refractivity contribution is 9.10. The number of hydrogen-bond donors (Lipinski definition) is 1. The van der Waals surface area contributed by atoms with Gasteiger partial charge in [-0.1, -0.05) is 15.9 Å². The molecular formula is C9H12Br2N2O3S. The second kappa shape index (κ2) is 7.42. The lowest BCUT2D eigenvalue weighted by molar-refractivity contribution is 0.156. The molecule has 1 aromatic heterocycles. The van der Waals surface area contributed by atoms with E-state index in [1.807, 2.05) is 0 Å². The van der Waals surface area contributed by atoms with Crippen LogP contribution in [0.1, 0.15) is 0 Å². The Kier molecular flexibility index (Phi) is 6.57. The zero-order valence-corrected chi connectivity index (χ0v) is 12.9. The summed E-state index contributed by atoms with van der Waals surface area (Å²) in [6.45, 7) is 1.13. The third-order valence-corrected chi connectivity index (χ3v) is 3.94. The van der Waals surface area contributed by atoms with Crippen molar-refractivity contribution in [3.63, 3.8) is 0 Å². The van der Waals surface area contributed by atoms with Gasteiger partial charge in [0.2, 0.25) is 10.0 Å². The van der Waals surface area contributed by atoms with Crippen LogP contribution < -0.4 is 4.72 Å². The van der Waals surface area contributed by atoms with Crippen molar-refractivity contribution in [2.75, 3.05) is 25.1 Å². The SMILES string of the molecule is O=S(=O)(NCCOCCBr)c1cncc(Br)c1. The van der Waals surface area contributed by atoms with Gasteiger partial charge in [0.05, 0.1) is 13.2 Å². The van der Waals surface area contributed by atoms with Crippen LogP contribution in [0, 0.1) is 0 Å². The van der Waals surface area contributed by atoms with Crippen LogP contribution in [0.4, 0.5) is 0 Å². The van der Waals surface area contributed by atoms with E-state index in [2.05, 4.69) is 41.6 Å². The van der Waals surface area contributed by atoms with Gasteiger partial charge in [-0.15, -0.1) is 0 Å². The second-order valence-electron chi connectivity index (χ2n) is 3.04. The Balaban J connectivity index is 2.51. The van der Waals surface area contributed by atoms with Crippen molar-refractivity contribution in [3.8, 4) is 0 Å². The Morgan fingerprint density at radius 2 is 2.12 bits per heavy atom. The van der Waals surface area contributed by atoms with Crippen LogP contribution in [0.25, 0.3) is 0 Å². The summed E-state index contributed by atoms with van der Waals surface area (Å²) in [7, 11) is -3.50. The first-order valence-corrected chi connectivity index (χ1v) is 8.20. The quantitative estimate of drug-likeness (QED) is 0.569. The minimum Gasteiger partial charge on any atom is -0.379 e. The molecule has 0 radical (unpaired) electrons. The number of hydrogen-bond acceptors (Lipinski definition) is 4. The molecule has 1 N–H and O–H groups in total. The maximum atomic E-state index is 11.8. The number of pyridine rings is 1. The third kappa shape index (κ3) is 5.43. The molecule has 0 spiro atoms. The van der Waals surface area contributed by atoms with E-state index in [4.69, 9.17) is 4.74 Å². The van der Waals surface area contributed by atoms with Crippen molar-refractivity contribution < 1.29 is 13.2 Å². The largest absolute Gasteiger partial charge is 0.379 e. The normalized spacial score (nSPS) is 11.6. The summed E-state index contributed by atoms with van der Waals surface area (Å²) >= 11 is 6.38. The Bertz CT molecular complexity index is 453. The van der Waals surface area contributed by atoms with Gasteiger partial charge in [-0.25, -0.2) is 13.1 Å². The Morgan fingerprint density at radius 1 is 1.35 bits per heavy atom. The van der Waals surface area contributed by atoms with E-state index in [1.165, 1.54) is 18.5 Å². The molecule has 0 saturated heterocycles. The van der Waals surface area contributed by atoms with Gasteiger partial charge in [-0.3, -0.25) is 4.98 Å². The Labute approximate surface area is 117 Å². The molecule has 0 bridgehead atoms. The van der Waals surface area contributed by atoms with E-state index in [9.17, 15) is 8.42 Å². The van der Waals surface area contributed by atoms with Crippen molar-refractivity contribution in [1.29, 1.82) is 0 Å². The summed E-state index contributed by atoms with van der Waals surface area (Å²) < 4.78 is 31.8. The minimum atomic E-state index is -3.50. The number of halogens is 2. The van der Waals surface area contributed by atoms with Gasteiger partial charge in [0.1, 0.15) is 4.90 Å². The van der Waals surface area contributed by atoms with E-state index in [0.717, 1.165) is 5.33 Å². The predicted octanol–water partition coefficient (Wildman–Crippen LogP) is 1.53. The smallest absolute Gasteiger partial charge is 0.242 e. The fraction of sp³-hybridized carbons (Fsp3) is 0.444. The molecule has 0 aromatic carbocycles. The van der Waals surface area contributed by atoms with Crippen molar-refractivity contribution in [1.82, 2.24) is 9.71 Å². The van der Waals surface area contributed by atoms with Gasteiger partial charge >= 0.3 is 0 Å². The molecule has 96 valence electrons. The van der Waals surface area contributed by atoms with Crippen LogP contribution in [0.2, 0.25) is 0 Å². The molecule has 1 aromatic rings. The lowest BCUT2D eigenvalue weighted by Crippen LogP contribution is -2.27.